The first kappa shape index (κ1) is 17.6. The second kappa shape index (κ2) is 7.21. The molecule has 0 bridgehead atoms. The molecule has 0 aromatic heterocycles. The molecular weight excluding hydrogens is 296 g/mol. The van der Waals surface area contributed by atoms with E-state index in [0.29, 0.717) is 0 Å². The maximum Gasteiger partial charge on any atom is 0.410 e. The fraction of sp³-hybridized carbons (Fsp3) is 0.875. The van der Waals surface area contributed by atoms with Crippen LogP contribution in [-0.2, 0) is 9.53 Å². The van der Waals surface area contributed by atoms with Gasteiger partial charge < -0.3 is 14.4 Å². The molecule has 0 unspecified atom stereocenters. The van der Waals surface area contributed by atoms with Crippen molar-refractivity contribution in [1.29, 1.82) is 0 Å². The molecule has 0 spiro atoms. The van der Waals surface area contributed by atoms with E-state index in [1.54, 1.807) is 0 Å². The van der Waals surface area contributed by atoms with Crippen molar-refractivity contribution in [1.82, 2.24) is 4.90 Å². The molecule has 2 saturated carbocycles. The zero-order valence-electron chi connectivity index (χ0n) is 14.1. The maximum atomic E-state index is 12.6. The summed E-state index contributed by atoms with van der Waals surface area (Å²) in [6.45, 7) is 5.57. The van der Waals surface area contributed by atoms with E-state index in [4.69, 9.17) is 10.3 Å². The number of amides is 1. The number of carbonyl (C=O) groups excluding carboxylic acids is 2. The summed E-state index contributed by atoms with van der Waals surface area (Å²) in [6.07, 6.45) is 5.32. The third-order valence-corrected chi connectivity index (χ3v) is 4.61. The number of ether oxygens (including phenoxy) is 1. The second-order valence-corrected chi connectivity index (χ2v) is 7.58. The van der Waals surface area contributed by atoms with Gasteiger partial charge in [0.2, 0.25) is 0 Å². The zero-order chi connectivity index (χ0) is 17.0. The molecule has 0 heterocycles. The predicted molar refractivity (Wildman–Crippen MR) is 85.8 cm³/mol. The van der Waals surface area contributed by atoms with Gasteiger partial charge >= 0.3 is 6.09 Å². The summed E-state index contributed by atoms with van der Waals surface area (Å²) in [5, 5.41) is 3.79. The summed E-state index contributed by atoms with van der Waals surface area (Å²) in [5.74, 6) is 0.0597. The van der Waals surface area contributed by atoms with Gasteiger partial charge in [0.1, 0.15) is 11.9 Å². The molecule has 2 aliphatic rings. The van der Waals surface area contributed by atoms with Crippen LogP contribution in [-0.4, -0.2) is 41.0 Å². The Labute approximate surface area is 137 Å². The van der Waals surface area contributed by atoms with Crippen LogP contribution in [0.15, 0.2) is 5.11 Å². The highest BCUT2D eigenvalue weighted by Gasteiger charge is 2.42. The van der Waals surface area contributed by atoms with Crippen LogP contribution in [0.4, 0.5) is 4.79 Å². The highest BCUT2D eigenvalue weighted by atomic mass is 16.6. The van der Waals surface area contributed by atoms with Gasteiger partial charge in [-0.3, -0.25) is 0 Å². The Bertz CT molecular complexity index is 482. The Morgan fingerprint density at radius 2 is 1.83 bits per heavy atom. The summed E-state index contributed by atoms with van der Waals surface area (Å²) in [7, 11) is 0. The Hall–Kier alpha value is -1.75. The van der Waals surface area contributed by atoms with Gasteiger partial charge in [-0.2, -0.15) is 0 Å². The third-order valence-electron chi connectivity index (χ3n) is 4.61. The molecular formula is C16H26N4O3. The molecule has 0 saturated heterocycles. The van der Waals surface area contributed by atoms with Gasteiger partial charge in [-0.15, -0.1) is 0 Å². The average Bonchev–Trinajstić information content (AvgIpc) is 2.41. The summed E-state index contributed by atoms with van der Waals surface area (Å²) < 4.78 is 5.57. The van der Waals surface area contributed by atoms with Crippen LogP contribution >= 0.6 is 0 Å². The molecule has 128 valence electrons. The minimum atomic E-state index is -0.536. The SMILES string of the molecule is CC(C)(C)OC(=O)N(C1CCC(N=[N+]=[N-])CC1)C1CC(C=O)C1. The topological polar surface area (TPSA) is 95.4 Å². The number of azide groups is 1. The van der Waals surface area contributed by atoms with Gasteiger partial charge in [0.05, 0.1) is 0 Å². The van der Waals surface area contributed by atoms with Crippen molar-refractivity contribution < 1.29 is 14.3 Å². The van der Waals surface area contributed by atoms with Crippen molar-refractivity contribution in [3.63, 3.8) is 0 Å². The maximum absolute atomic E-state index is 12.6. The van der Waals surface area contributed by atoms with Crippen molar-refractivity contribution in [2.24, 2.45) is 11.0 Å². The number of aldehydes is 1. The van der Waals surface area contributed by atoms with Crippen LogP contribution in [0.5, 0.6) is 0 Å². The van der Waals surface area contributed by atoms with E-state index in [9.17, 15) is 9.59 Å². The molecule has 7 nitrogen and oxygen atoms in total. The van der Waals surface area contributed by atoms with E-state index < -0.39 is 5.60 Å². The van der Waals surface area contributed by atoms with E-state index >= 15 is 0 Å². The number of carbonyl (C=O) groups is 2. The largest absolute Gasteiger partial charge is 0.444 e. The van der Waals surface area contributed by atoms with Crippen molar-refractivity contribution in [2.45, 2.75) is 83.0 Å². The summed E-state index contributed by atoms with van der Waals surface area (Å²) in [4.78, 5) is 28.2. The Balaban J connectivity index is 2.03. The first-order valence-corrected chi connectivity index (χ1v) is 8.35. The van der Waals surface area contributed by atoms with Gasteiger partial charge in [0.25, 0.3) is 0 Å². The molecule has 1 amide bonds. The van der Waals surface area contributed by atoms with E-state index in [0.717, 1.165) is 44.8 Å². The highest BCUT2D eigenvalue weighted by Crippen LogP contribution is 2.36. The van der Waals surface area contributed by atoms with Gasteiger partial charge in [0.15, 0.2) is 0 Å². The van der Waals surface area contributed by atoms with Crippen molar-refractivity contribution in [3.8, 4) is 0 Å². The molecule has 2 rings (SSSR count). The van der Waals surface area contributed by atoms with E-state index in [1.807, 2.05) is 25.7 Å². The Kier molecular flexibility index (Phi) is 5.52. The van der Waals surface area contributed by atoms with Crippen LogP contribution < -0.4 is 0 Å². The Morgan fingerprint density at radius 1 is 1.22 bits per heavy atom. The quantitative estimate of drug-likeness (QED) is 0.340. The minimum absolute atomic E-state index is 0.0286. The molecule has 0 radical (unpaired) electrons. The molecule has 0 N–H and O–H groups in total. The van der Waals surface area contributed by atoms with E-state index in [2.05, 4.69) is 10.0 Å². The Morgan fingerprint density at radius 3 is 2.30 bits per heavy atom. The van der Waals surface area contributed by atoms with Crippen LogP contribution in [0.1, 0.15) is 59.3 Å². The van der Waals surface area contributed by atoms with Crippen LogP contribution in [0.2, 0.25) is 0 Å². The summed E-state index contributed by atoms with van der Waals surface area (Å²) >= 11 is 0. The van der Waals surface area contributed by atoms with E-state index in [-0.39, 0.29) is 30.1 Å². The molecule has 0 aromatic carbocycles. The molecule has 23 heavy (non-hydrogen) atoms. The first-order chi connectivity index (χ1) is 10.8. The average molecular weight is 322 g/mol. The molecule has 7 heteroatoms. The van der Waals surface area contributed by atoms with E-state index in [1.165, 1.54) is 0 Å². The monoisotopic (exact) mass is 322 g/mol. The van der Waals surface area contributed by atoms with Gasteiger partial charge in [-0.1, -0.05) is 5.11 Å². The third kappa shape index (κ3) is 4.61. The van der Waals surface area contributed by atoms with Crippen LogP contribution in [0, 0.1) is 5.92 Å². The zero-order valence-corrected chi connectivity index (χ0v) is 14.1. The summed E-state index contributed by atoms with van der Waals surface area (Å²) in [6, 6.07) is 0.217. The number of rotatable bonds is 4. The molecule has 0 aromatic rings. The van der Waals surface area contributed by atoms with Crippen LogP contribution in [0.25, 0.3) is 10.4 Å². The molecule has 2 aliphatic carbocycles. The second-order valence-electron chi connectivity index (χ2n) is 7.58. The fourth-order valence-corrected chi connectivity index (χ4v) is 3.40. The lowest BCUT2D eigenvalue weighted by molar-refractivity contribution is -0.116. The minimum Gasteiger partial charge on any atom is -0.444 e. The van der Waals surface area contributed by atoms with Crippen molar-refractivity contribution >= 4 is 12.4 Å². The van der Waals surface area contributed by atoms with Gasteiger partial charge in [-0.25, -0.2) is 4.79 Å². The smallest absolute Gasteiger partial charge is 0.410 e. The lowest BCUT2D eigenvalue weighted by Crippen LogP contribution is -2.55. The fourth-order valence-electron chi connectivity index (χ4n) is 3.40. The normalized spacial score (nSPS) is 30.6. The molecule has 0 aliphatic heterocycles. The lowest BCUT2D eigenvalue weighted by atomic mass is 9.78. The van der Waals surface area contributed by atoms with Crippen molar-refractivity contribution in [3.05, 3.63) is 10.4 Å². The lowest BCUT2D eigenvalue weighted by Gasteiger charge is -2.46. The molecule has 0 atom stereocenters. The van der Waals surface area contributed by atoms with Gasteiger partial charge in [-0.05, 0) is 64.8 Å². The van der Waals surface area contributed by atoms with Crippen molar-refractivity contribution in [2.75, 3.05) is 0 Å². The number of nitrogens with zero attached hydrogens (tertiary/aromatic N) is 4. The standard InChI is InChI=1S/C16H26N4O3/c1-16(2,3)23-15(22)20(14-8-11(9-14)10-21)13-6-4-12(5-7-13)18-19-17/h10-14H,4-9H2,1-3H3. The molecule has 2 fully saturated rings. The summed E-state index contributed by atoms with van der Waals surface area (Å²) in [5.41, 5.74) is 8.01. The van der Waals surface area contributed by atoms with Crippen LogP contribution in [0.3, 0.4) is 0 Å². The van der Waals surface area contributed by atoms with Gasteiger partial charge in [0, 0.05) is 29.0 Å². The number of hydrogen-bond donors (Lipinski definition) is 0. The first-order valence-electron chi connectivity index (χ1n) is 8.35. The number of hydrogen-bond acceptors (Lipinski definition) is 4. The highest BCUT2D eigenvalue weighted by molar-refractivity contribution is 5.70. The predicted octanol–water partition coefficient (Wildman–Crippen LogP) is 3.82.